The van der Waals surface area contributed by atoms with Gasteiger partial charge >= 0.3 is 0 Å². The molecule has 0 aliphatic rings. The molecule has 2 rings (SSSR count). The molecule has 5 nitrogen and oxygen atoms in total. The first-order valence-electron chi connectivity index (χ1n) is 6.09. The summed E-state index contributed by atoms with van der Waals surface area (Å²) in [6, 6.07) is 8.75. The topological polar surface area (TPSA) is 74.6 Å². The molecular weight excluding hydrogens is 280 g/mol. The molecule has 0 radical (unpaired) electrons. The van der Waals surface area contributed by atoms with Crippen LogP contribution in [0.5, 0.6) is 11.5 Å². The highest BCUT2D eigenvalue weighted by molar-refractivity contribution is 6.33. The van der Waals surface area contributed by atoms with Crippen LogP contribution in [0.2, 0.25) is 5.02 Å². The van der Waals surface area contributed by atoms with E-state index in [0.717, 1.165) is 0 Å². The van der Waals surface area contributed by atoms with Crippen LogP contribution < -0.4 is 10.1 Å². The first kappa shape index (κ1) is 14.6. The number of nitrogens with one attached hydrogen (secondary N) is 1. The van der Waals surface area contributed by atoms with Gasteiger partial charge in [0.1, 0.15) is 11.5 Å². The van der Waals surface area contributed by atoms with Gasteiger partial charge < -0.3 is 20.3 Å². The van der Waals surface area contributed by atoms with Gasteiger partial charge in [-0.05, 0) is 24.3 Å². The normalized spacial score (nSPS) is 11.9. The molecule has 6 heteroatoms. The van der Waals surface area contributed by atoms with E-state index in [1.54, 1.807) is 42.7 Å². The van der Waals surface area contributed by atoms with Crippen LogP contribution in [0.4, 0.5) is 5.69 Å². The second-order valence-corrected chi connectivity index (χ2v) is 4.56. The average molecular weight is 295 g/mol. The van der Waals surface area contributed by atoms with Crippen molar-refractivity contribution in [3.05, 3.63) is 47.7 Å². The maximum Gasteiger partial charge on any atom is 0.145 e. The molecule has 0 amide bonds. The van der Waals surface area contributed by atoms with E-state index >= 15 is 0 Å². The van der Waals surface area contributed by atoms with Gasteiger partial charge in [0.15, 0.2) is 0 Å². The van der Waals surface area contributed by atoms with Crippen LogP contribution in [0.1, 0.15) is 0 Å². The van der Waals surface area contributed by atoms with Crippen molar-refractivity contribution in [3.8, 4) is 11.5 Å². The van der Waals surface area contributed by atoms with Crippen LogP contribution in [0.15, 0.2) is 42.7 Å². The van der Waals surface area contributed by atoms with E-state index in [1.165, 1.54) is 0 Å². The van der Waals surface area contributed by atoms with E-state index in [2.05, 4.69) is 10.3 Å². The van der Waals surface area contributed by atoms with Crippen LogP contribution in [0.3, 0.4) is 0 Å². The van der Waals surface area contributed by atoms with Gasteiger partial charge in [-0.2, -0.15) is 0 Å². The Labute approximate surface area is 121 Å². The molecule has 2 aromatic rings. The number of aliphatic hydroxyl groups is 2. The maximum atomic E-state index is 9.27. The molecule has 0 aliphatic carbocycles. The Morgan fingerprint density at radius 1 is 1.30 bits per heavy atom. The Morgan fingerprint density at radius 2 is 2.15 bits per heavy atom. The Kier molecular flexibility index (Phi) is 5.17. The highest BCUT2D eigenvalue weighted by atomic mass is 35.5. The summed E-state index contributed by atoms with van der Waals surface area (Å²) in [5.74, 6) is 1.22. The monoisotopic (exact) mass is 294 g/mol. The van der Waals surface area contributed by atoms with Gasteiger partial charge in [0.2, 0.25) is 0 Å². The molecule has 1 heterocycles. The van der Waals surface area contributed by atoms with Crippen LogP contribution in [-0.4, -0.2) is 34.5 Å². The number of hydrogen-bond donors (Lipinski definition) is 3. The van der Waals surface area contributed by atoms with Gasteiger partial charge in [-0.1, -0.05) is 11.6 Å². The van der Waals surface area contributed by atoms with Gasteiger partial charge in [-0.15, -0.1) is 0 Å². The van der Waals surface area contributed by atoms with E-state index in [1.807, 2.05) is 0 Å². The van der Waals surface area contributed by atoms with Crippen molar-refractivity contribution in [1.29, 1.82) is 0 Å². The number of pyridine rings is 1. The van der Waals surface area contributed by atoms with Crippen molar-refractivity contribution in [2.75, 3.05) is 18.5 Å². The predicted octanol–water partition coefficient (Wildman–Crippen LogP) is 2.29. The fourth-order valence-electron chi connectivity index (χ4n) is 1.54. The first-order chi connectivity index (χ1) is 9.69. The van der Waals surface area contributed by atoms with Gasteiger partial charge in [0, 0.05) is 18.8 Å². The van der Waals surface area contributed by atoms with E-state index in [4.69, 9.17) is 21.4 Å². The highest BCUT2D eigenvalue weighted by Gasteiger charge is 2.06. The van der Waals surface area contributed by atoms with Gasteiger partial charge in [0.25, 0.3) is 0 Å². The summed E-state index contributed by atoms with van der Waals surface area (Å²) in [5.41, 5.74) is 0.665. The fraction of sp³-hybridized carbons (Fsp3) is 0.214. The number of nitrogens with zero attached hydrogens (tertiary/aromatic N) is 1. The molecule has 0 aliphatic heterocycles. The van der Waals surface area contributed by atoms with Crippen LogP contribution in [0, 0.1) is 0 Å². The summed E-state index contributed by atoms with van der Waals surface area (Å²) in [6.07, 6.45) is 2.45. The first-order valence-corrected chi connectivity index (χ1v) is 6.47. The number of hydrogen-bond acceptors (Lipinski definition) is 5. The lowest BCUT2D eigenvalue weighted by molar-refractivity contribution is 0.105. The standard InChI is InChI=1S/C14H15ClN2O3/c15-13-6-11(20-12-2-1-5-16-8-12)3-4-14(13)17-7-10(19)9-18/h1-6,8,10,17-19H,7,9H2. The lowest BCUT2D eigenvalue weighted by atomic mass is 10.3. The van der Waals surface area contributed by atoms with Crippen molar-refractivity contribution in [2.45, 2.75) is 6.10 Å². The number of anilines is 1. The van der Waals surface area contributed by atoms with Gasteiger partial charge in [-0.25, -0.2) is 0 Å². The minimum absolute atomic E-state index is 0.221. The molecule has 0 bridgehead atoms. The smallest absolute Gasteiger partial charge is 0.145 e. The zero-order chi connectivity index (χ0) is 14.4. The second kappa shape index (κ2) is 7.09. The minimum Gasteiger partial charge on any atom is -0.456 e. The molecular formula is C14H15ClN2O3. The Hall–Kier alpha value is -1.82. The number of aliphatic hydroxyl groups excluding tert-OH is 2. The molecule has 0 fully saturated rings. The summed E-state index contributed by atoms with van der Waals surface area (Å²) < 4.78 is 5.60. The van der Waals surface area contributed by atoms with E-state index in [0.29, 0.717) is 22.2 Å². The van der Waals surface area contributed by atoms with Gasteiger partial charge in [0.05, 0.1) is 29.6 Å². The minimum atomic E-state index is -0.822. The average Bonchev–Trinajstić information content (AvgIpc) is 2.47. The molecule has 0 saturated heterocycles. The largest absolute Gasteiger partial charge is 0.456 e. The molecule has 1 atom stereocenters. The van der Waals surface area contributed by atoms with Crippen LogP contribution in [0.25, 0.3) is 0 Å². The van der Waals surface area contributed by atoms with Gasteiger partial charge in [-0.3, -0.25) is 4.98 Å². The molecule has 3 N–H and O–H groups in total. The second-order valence-electron chi connectivity index (χ2n) is 4.15. The third kappa shape index (κ3) is 4.09. The Balaban J connectivity index is 2.02. The SMILES string of the molecule is OCC(O)CNc1ccc(Oc2cccnc2)cc1Cl. The number of aromatic nitrogens is 1. The Morgan fingerprint density at radius 3 is 2.80 bits per heavy atom. The lowest BCUT2D eigenvalue weighted by Gasteiger charge is -2.12. The van der Waals surface area contributed by atoms with E-state index in [9.17, 15) is 5.11 Å². The summed E-state index contributed by atoms with van der Waals surface area (Å²) in [6.45, 7) is -0.0775. The molecule has 1 aromatic heterocycles. The zero-order valence-electron chi connectivity index (χ0n) is 10.7. The molecule has 1 aromatic carbocycles. The molecule has 0 spiro atoms. The number of rotatable bonds is 6. The maximum absolute atomic E-state index is 9.27. The predicted molar refractivity (Wildman–Crippen MR) is 77.3 cm³/mol. The number of ether oxygens (including phenoxy) is 1. The number of halogens is 1. The van der Waals surface area contributed by atoms with Crippen LogP contribution >= 0.6 is 11.6 Å². The van der Waals surface area contributed by atoms with Crippen molar-refractivity contribution < 1.29 is 14.9 Å². The fourth-order valence-corrected chi connectivity index (χ4v) is 1.78. The summed E-state index contributed by atoms with van der Waals surface area (Å²) in [4.78, 5) is 3.96. The third-order valence-electron chi connectivity index (χ3n) is 2.55. The third-order valence-corrected chi connectivity index (χ3v) is 2.86. The quantitative estimate of drug-likeness (QED) is 0.762. The number of benzene rings is 1. The summed E-state index contributed by atoms with van der Waals surface area (Å²) in [7, 11) is 0. The van der Waals surface area contributed by atoms with E-state index in [-0.39, 0.29) is 13.2 Å². The molecule has 20 heavy (non-hydrogen) atoms. The summed E-state index contributed by atoms with van der Waals surface area (Å²) in [5, 5.41) is 21.4. The van der Waals surface area contributed by atoms with Crippen molar-refractivity contribution in [3.63, 3.8) is 0 Å². The lowest BCUT2D eigenvalue weighted by Crippen LogP contribution is -2.23. The highest BCUT2D eigenvalue weighted by Crippen LogP contribution is 2.29. The van der Waals surface area contributed by atoms with Crippen LogP contribution in [-0.2, 0) is 0 Å². The van der Waals surface area contributed by atoms with Crippen molar-refractivity contribution in [1.82, 2.24) is 4.98 Å². The van der Waals surface area contributed by atoms with E-state index < -0.39 is 6.10 Å². The Bertz CT molecular complexity index is 551. The van der Waals surface area contributed by atoms with Crippen molar-refractivity contribution >= 4 is 17.3 Å². The molecule has 106 valence electrons. The molecule has 0 saturated carbocycles. The summed E-state index contributed by atoms with van der Waals surface area (Å²) >= 11 is 6.12. The van der Waals surface area contributed by atoms with Crippen molar-refractivity contribution in [2.24, 2.45) is 0 Å². The zero-order valence-corrected chi connectivity index (χ0v) is 11.4. The molecule has 1 unspecified atom stereocenters.